The minimum absolute atomic E-state index is 0.586. The van der Waals surface area contributed by atoms with Crippen molar-refractivity contribution in [3.05, 3.63) is 30.1 Å². The zero-order chi connectivity index (χ0) is 12.9. The summed E-state index contributed by atoms with van der Waals surface area (Å²) >= 11 is 0. The summed E-state index contributed by atoms with van der Waals surface area (Å²) in [5, 5.41) is 9.53. The van der Waals surface area contributed by atoms with E-state index in [1.807, 2.05) is 24.8 Å². The predicted octanol–water partition coefficient (Wildman–Crippen LogP) is 2.11. The molecular weight excluding hydrogens is 216 g/mol. The molecule has 0 saturated carbocycles. The Bertz CT molecular complexity index is 367. The van der Waals surface area contributed by atoms with Crippen LogP contribution >= 0.6 is 0 Å². The minimum Gasteiger partial charge on any atom is -0.480 e. The molecule has 0 fully saturated rings. The van der Waals surface area contributed by atoms with Crippen molar-refractivity contribution in [1.29, 1.82) is 0 Å². The van der Waals surface area contributed by atoms with Crippen LogP contribution in [0, 0.1) is 0 Å². The molecule has 0 aromatic carbocycles. The molecule has 17 heavy (non-hydrogen) atoms. The van der Waals surface area contributed by atoms with Crippen molar-refractivity contribution in [1.82, 2.24) is 9.88 Å². The molecule has 0 bridgehead atoms. The van der Waals surface area contributed by atoms with E-state index < -0.39 is 11.5 Å². The number of aromatic nitrogens is 1. The number of carbonyl (C=O) groups is 1. The Morgan fingerprint density at radius 2 is 2.18 bits per heavy atom. The molecule has 1 aromatic heterocycles. The second kappa shape index (κ2) is 5.77. The van der Waals surface area contributed by atoms with E-state index in [0.29, 0.717) is 12.2 Å². The van der Waals surface area contributed by atoms with Crippen LogP contribution in [0.5, 0.6) is 0 Å². The van der Waals surface area contributed by atoms with E-state index in [0.717, 1.165) is 13.0 Å². The first-order chi connectivity index (χ1) is 8.07. The second-order valence-corrected chi connectivity index (χ2v) is 4.17. The average Bonchev–Trinajstić information content (AvgIpc) is 2.35. The standard InChI is InChI=1S/C13H20N2O2/c1-4-10-15(5-2)13(3,12(16)17)11-8-6-7-9-14-11/h6-9H,4-5,10H2,1-3H3,(H,16,17). The summed E-state index contributed by atoms with van der Waals surface area (Å²) in [7, 11) is 0. The molecule has 1 rings (SSSR count). The number of likely N-dealkylation sites (N-methyl/N-ethyl adjacent to an activating group) is 1. The smallest absolute Gasteiger partial charge is 0.330 e. The van der Waals surface area contributed by atoms with E-state index in [4.69, 9.17) is 0 Å². The molecule has 0 aliphatic carbocycles. The molecule has 94 valence electrons. The number of pyridine rings is 1. The Hall–Kier alpha value is -1.42. The Labute approximate surface area is 102 Å². The maximum absolute atomic E-state index is 11.6. The van der Waals surface area contributed by atoms with E-state index in [1.165, 1.54) is 0 Å². The highest BCUT2D eigenvalue weighted by atomic mass is 16.4. The topological polar surface area (TPSA) is 53.4 Å². The Balaban J connectivity index is 3.17. The van der Waals surface area contributed by atoms with Crippen LogP contribution in [-0.4, -0.2) is 34.0 Å². The lowest BCUT2D eigenvalue weighted by Gasteiger charge is -2.36. The van der Waals surface area contributed by atoms with Gasteiger partial charge in [0, 0.05) is 6.20 Å². The van der Waals surface area contributed by atoms with Crippen LogP contribution in [-0.2, 0) is 10.3 Å². The van der Waals surface area contributed by atoms with Crippen molar-refractivity contribution in [2.75, 3.05) is 13.1 Å². The lowest BCUT2D eigenvalue weighted by atomic mass is 9.94. The van der Waals surface area contributed by atoms with E-state index in [9.17, 15) is 9.90 Å². The van der Waals surface area contributed by atoms with E-state index in [1.54, 1.807) is 25.3 Å². The van der Waals surface area contributed by atoms with Gasteiger partial charge in [0.05, 0.1) is 5.69 Å². The zero-order valence-corrected chi connectivity index (χ0v) is 10.7. The summed E-state index contributed by atoms with van der Waals surface area (Å²) in [6.07, 6.45) is 2.56. The summed E-state index contributed by atoms with van der Waals surface area (Å²) in [6, 6.07) is 5.39. The summed E-state index contributed by atoms with van der Waals surface area (Å²) in [5.74, 6) is -0.855. The molecule has 1 atom stereocenters. The fourth-order valence-electron chi connectivity index (χ4n) is 2.03. The maximum Gasteiger partial charge on any atom is 0.330 e. The third-order valence-electron chi connectivity index (χ3n) is 3.09. The first kappa shape index (κ1) is 13.6. The van der Waals surface area contributed by atoms with Gasteiger partial charge >= 0.3 is 5.97 Å². The SMILES string of the molecule is CCCN(CC)C(C)(C(=O)O)c1ccccn1. The third kappa shape index (κ3) is 2.64. The fraction of sp³-hybridized carbons (Fsp3) is 0.538. The number of nitrogens with zero attached hydrogens (tertiary/aromatic N) is 2. The molecule has 1 N–H and O–H groups in total. The van der Waals surface area contributed by atoms with Gasteiger partial charge in [0.1, 0.15) is 0 Å². The molecule has 0 aliphatic heterocycles. The van der Waals surface area contributed by atoms with Crippen molar-refractivity contribution in [2.45, 2.75) is 32.7 Å². The molecule has 0 spiro atoms. The second-order valence-electron chi connectivity index (χ2n) is 4.17. The van der Waals surface area contributed by atoms with Gasteiger partial charge in [-0.05, 0) is 38.6 Å². The largest absolute Gasteiger partial charge is 0.480 e. The van der Waals surface area contributed by atoms with Crippen molar-refractivity contribution < 1.29 is 9.90 Å². The van der Waals surface area contributed by atoms with Crippen LogP contribution in [0.25, 0.3) is 0 Å². The van der Waals surface area contributed by atoms with Gasteiger partial charge < -0.3 is 5.11 Å². The Morgan fingerprint density at radius 3 is 2.59 bits per heavy atom. The maximum atomic E-state index is 11.6. The summed E-state index contributed by atoms with van der Waals surface area (Å²) in [5.41, 5.74) is -0.464. The number of hydrogen-bond acceptors (Lipinski definition) is 3. The van der Waals surface area contributed by atoms with Gasteiger partial charge in [-0.1, -0.05) is 19.9 Å². The lowest BCUT2D eigenvalue weighted by Crippen LogP contribution is -2.50. The quantitative estimate of drug-likeness (QED) is 0.822. The molecule has 1 heterocycles. The van der Waals surface area contributed by atoms with E-state index in [2.05, 4.69) is 4.98 Å². The molecule has 0 amide bonds. The number of hydrogen-bond donors (Lipinski definition) is 1. The first-order valence-corrected chi connectivity index (χ1v) is 5.97. The predicted molar refractivity (Wildman–Crippen MR) is 66.8 cm³/mol. The summed E-state index contributed by atoms with van der Waals surface area (Å²) in [6.45, 7) is 7.17. The van der Waals surface area contributed by atoms with Gasteiger partial charge in [-0.25, -0.2) is 4.79 Å². The van der Waals surface area contributed by atoms with E-state index in [-0.39, 0.29) is 0 Å². The van der Waals surface area contributed by atoms with Crippen LogP contribution in [0.4, 0.5) is 0 Å². The van der Waals surface area contributed by atoms with Gasteiger partial charge in [0.2, 0.25) is 0 Å². The highest BCUT2D eigenvalue weighted by molar-refractivity contribution is 5.79. The molecule has 4 nitrogen and oxygen atoms in total. The van der Waals surface area contributed by atoms with Crippen LogP contribution in [0.3, 0.4) is 0 Å². The van der Waals surface area contributed by atoms with Gasteiger partial charge in [-0.15, -0.1) is 0 Å². The number of rotatable bonds is 6. The number of carboxylic acids is 1. The Morgan fingerprint density at radius 1 is 1.47 bits per heavy atom. The fourth-order valence-corrected chi connectivity index (χ4v) is 2.03. The van der Waals surface area contributed by atoms with Crippen LogP contribution in [0.1, 0.15) is 32.9 Å². The van der Waals surface area contributed by atoms with Crippen molar-refractivity contribution in [3.8, 4) is 0 Å². The van der Waals surface area contributed by atoms with Crippen LogP contribution in [0.2, 0.25) is 0 Å². The summed E-state index contributed by atoms with van der Waals surface area (Å²) < 4.78 is 0. The van der Waals surface area contributed by atoms with Crippen molar-refractivity contribution >= 4 is 5.97 Å². The van der Waals surface area contributed by atoms with Gasteiger partial charge in [-0.2, -0.15) is 0 Å². The lowest BCUT2D eigenvalue weighted by molar-refractivity contribution is -0.151. The number of carboxylic acid groups (broad SMARTS) is 1. The molecule has 1 aromatic rings. The first-order valence-electron chi connectivity index (χ1n) is 5.97. The molecule has 4 heteroatoms. The average molecular weight is 236 g/mol. The third-order valence-corrected chi connectivity index (χ3v) is 3.09. The van der Waals surface area contributed by atoms with E-state index >= 15 is 0 Å². The molecule has 0 radical (unpaired) electrons. The van der Waals surface area contributed by atoms with Crippen LogP contribution in [0.15, 0.2) is 24.4 Å². The highest BCUT2D eigenvalue weighted by Gasteiger charge is 2.41. The number of aliphatic carboxylic acids is 1. The highest BCUT2D eigenvalue weighted by Crippen LogP contribution is 2.27. The monoisotopic (exact) mass is 236 g/mol. The van der Waals surface area contributed by atoms with Gasteiger partial charge in [0.25, 0.3) is 0 Å². The minimum atomic E-state index is -1.05. The van der Waals surface area contributed by atoms with Gasteiger partial charge in [-0.3, -0.25) is 9.88 Å². The van der Waals surface area contributed by atoms with Gasteiger partial charge in [0.15, 0.2) is 5.54 Å². The summed E-state index contributed by atoms with van der Waals surface area (Å²) in [4.78, 5) is 17.8. The van der Waals surface area contributed by atoms with Crippen molar-refractivity contribution in [3.63, 3.8) is 0 Å². The molecule has 1 unspecified atom stereocenters. The zero-order valence-electron chi connectivity index (χ0n) is 10.7. The van der Waals surface area contributed by atoms with Crippen molar-refractivity contribution in [2.24, 2.45) is 0 Å². The molecule has 0 saturated heterocycles. The Kier molecular flexibility index (Phi) is 4.63. The molecular formula is C13H20N2O2. The van der Waals surface area contributed by atoms with Crippen LogP contribution < -0.4 is 0 Å². The normalized spacial score (nSPS) is 14.6. The molecule has 0 aliphatic rings.